The van der Waals surface area contributed by atoms with E-state index in [1.54, 1.807) is 0 Å². The zero-order valence-electron chi connectivity index (χ0n) is 8.51. The van der Waals surface area contributed by atoms with Crippen LogP contribution in [-0.2, 0) is 0 Å². The molecule has 0 aromatic heterocycles. The molecule has 0 amide bonds. The summed E-state index contributed by atoms with van der Waals surface area (Å²) < 4.78 is 74.2. The number of halogens is 6. The molecule has 0 saturated heterocycles. The molecule has 18 heavy (non-hydrogen) atoms. The number of nitrogens with zero attached hydrogens (tertiary/aromatic N) is 1. The van der Waals surface area contributed by atoms with Crippen molar-refractivity contribution < 1.29 is 31.1 Å². The lowest BCUT2D eigenvalue weighted by atomic mass is 10.3. The van der Waals surface area contributed by atoms with E-state index < -0.39 is 18.3 Å². The molecule has 0 saturated carbocycles. The smallest absolute Gasteiger partial charge is 0.406 e. The molecular weight excluding hydrogens is 266 g/mol. The van der Waals surface area contributed by atoms with E-state index in [-0.39, 0.29) is 11.9 Å². The molecule has 0 radical (unpaired) electrons. The Kier molecular flexibility index (Phi) is 4.04. The van der Waals surface area contributed by atoms with E-state index in [0.717, 1.165) is 12.1 Å². The van der Waals surface area contributed by atoms with E-state index >= 15 is 0 Å². The average Bonchev–Trinajstić information content (AvgIpc) is 2.13. The van der Waals surface area contributed by atoms with Crippen LogP contribution in [0.5, 0.6) is 5.75 Å². The fourth-order valence-electron chi connectivity index (χ4n) is 0.943. The fraction of sp³-hybridized carbons (Fsp3) is 0.222. The molecule has 0 fully saturated rings. The van der Waals surface area contributed by atoms with Gasteiger partial charge in [-0.15, -0.1) is 13.2 Å². The van der Waals surface area contributed by atoms with Crippen molar-refractivity contribution in [2.24, 2.45) is 5.10 Å². The Balaban J connectivity index is 2.68. The van der Waals surface area contributed by atoms with E-state index in [0.29, 0.717) is 0 Å². The SMILES string of the molecule is FC(F)(F)C=NNc1cccc(OC(F)(F)F)c1. The Morgan fingerprint density at radius 1 is 1.11 bits per heavy atom. The normalized spacial score (nSPS) is 12.8. The standard InChI is InChI=1S/C9H6F6N2O/c10-8(11,12)5-16-17-6-2-1-3-7(4-6)18-9(13,14)15/h1-5,17H. The zero-order chi connectivity index (χ0) is 13.8. The quantitative estimate of drug-likeness (QED) is 0.518. The van der Waals surface area contributed by atoms with Crippen LogP contribution in [0.3, 0.4) is 0 Å². The van der Waals surface area contributed by atoms with Gasteiger partial charge in [0, 0.05) is 6.07 Å². The van der Waals surface area contributed by atoms with Crippen molar-refractivity contribution in [3.63, 3.8) is 0 Å². The third-order valence-electron chi connectivity index (χ3n) is 1.47. The molecular formula is C9H6F6N2O. The van der Waals surface area contributed by atoms with Gasteiger partial charge in [0.2, 0.25) is 0 Å². The highest BCUT2D eigenvalue weighted by Gasteiger charge is 2.31. The maximum absolute atomic E-state index is 11.9. The number of hydrogen-bond acceptors (Lipinski definition) is 3. The van der Waals surface area contributed by atoms with E-state index in [1.165, 1.54) is 12.1 Å². The number of hydrazone groups is 1. The topological polar surface area (TPSA) is 33.6 Å². The minimum Gasteiger partial charge on any atom is -0.406 e. The Labute approximate surface area is 97.0 Å². The van der Waals surface area contributed by atoms with Crippen LogP contribution in [-0.4, -0.2) is 18.8 Å². The van der Waals surface area contributed by atoms with Crippen molar-refractivity contribution in [2.75, 3.05) is 5.43 Å². The molecule has 1 N–H and O–H groups in total. The van der Waals surface area contributed by atoms with Crippen molar-refractivity contribution in [1.29, 1.82) is 0 Å². The van der Waals surface area contributed by atoms with Crippen LogP contribution in [0, 0.1) is 0 Å². The van der Waals surface area contributed by atoms with Crippen LogP contribution in [0.4, 0.5) is 32.0 Å². The predicted molar refractivity (Wildman–Crippen MR) is 51.3 cm³/mol. The zero-order valence-corrected chi connectivity index (χ0v) is 8.51. The van der Waals surface area contributed by atoms with Crippen LogP contribution in [0.2, 0.25) is 0 Å². The van der Waals surface area contributed by atoms with Crippen molar-refractivity contribution >= 4 is 11.9 Å². The van der Waals surface area contributed by atoms with Gasteiger partial charge in [-0.2, -0.15) is 18.3 Å². The van der Waals surface area contributed by atoms with Crippen molar-refractivity contribution in [3.8, 4) is 5.75 Å². The highest BCUT2D eigenvalue weighted by molar-refractivity contribution is 5.65. The lowest BCUT2D eigenvalue weighted by molar-refractivity contribution is -0.274. The largest absolute Gasteiger partial charge is 0.573 e. The van der Waals surface area contributed by atoms with Gasteiger partial charge in [-0.3, -0.25) is 5.43 Å². The summed E-state index contributed by atoms with van der Waals surface area (Å²) in [5.41, 5.74) is 1.86. The molecule has 9 heteroatoms. The Bertz CT molecular complexity index is 426. The second-order valence-corrected chi connectivity index (χ2v) is 2.99. The lowest BCUT2D eigenvalue weighted by Crippen LogP contribution is -2.17. The second kappa shape index (κ2) is 5.15. The Morgan fingerprint density at radius 3 is 2.33 bits per heavy atom. The maximum atomic E-state index is 11.9. The van der Waals surface area contributed by atoms with Gasteiger partial charge in [-0.05, 0) is 12.1 Å². The van der Waals surface area contributed by atoms with E-state index in [1.807, 2.05) is 5.43 Å². The Hall–Kier alpha value is -1.93. The molecule has 1 aromatic carbocycles. The van der Waals surface area contributed by atoms with Gasteiger partial charge in [-0.1, -0.05) is 6.07 Å². The van der Waals surface area contributed by atoms with Gasteiger partial charge in [0.15, 0.2) is 0 Å². The number of ether oxygens (including phenoxy) is 1. The first-order valence-corrected chi connectivity index (χ1v) is 4.38. The van der Waals surface area contributed by atoms with Gasteiger partial charge < -0.3 is 4.74 Å². The minimum atomic E-state index is -4.87. The van der Waals surface area contributed by atoms with Gasteiger partial charge >= 0.3 is 12.5 Å². The fourth-order valence-corrected chi connectivity index (χ4v) is 0.943. The predicted octanol–water partition coefficient (Wildman–Crippen LogP) is 3.55. The first-order chi connectivity index (χ1) is 8.16. The number of nitrogens with one attached hydrogen (secondary N) is 1. The first-order valence-electron chi connectivity index (χ1n) is 4.38. The van der Waals surface area contributed by atoms with Crippen molar-refractivity contribution in [1.82, 2.24) is 0 Å². The number of rotatable bonds is 3. The number of anilines is 1. The molecule has 1 aromatic rings. The molecule has 100 valence electrons. The molecule has 3 nitrogen and oxygen atoms in total. The highest BCUT2D eigenvalue weighted by Crippen LogP contribution is 2.25. The third-order valence-corrected chi connectivity index (χ3v) is 1.47. The molecule has 1 rings (SSSR count). The lowest BCUT2D eigenvalue weighted by Gasteiger charge is -2.09. The maximum Gasteiger partial charge on any atom is 0.573 e. The minimum absolute atomic E-state index is 0.0720. The summed E-state index contributed by atoms with van der Waals surface area (Å²) in [5.74, 6) is -0.560. The van der Waals surface area contributed by atoms with E-state index in [2.05, 4.69) is 9.84 Å². The van der Waals surface area contributed by atoms with E-state index in [4.69, 9.17) is 0 Å². The highest BCUT2D eigenvalue weighted by atomic mass is 19.4. The van der Waals surface area contributed by atoms with Crippen molar-refractivity contribution in [2.45, 2.75) is 12.5 Å². The summed E-state index contributed by atoms with van der Waals surface area (Å²) in [6.07, 6.45) is -9.80. The molecule has 0 atom stereocenters. The Morgan fingerprint density at radius 2 is 1.78 bits per heavy atom. The molecule has 0 aliphatic rings. The summed E-state index contributed by atoms with van der Waals surface area (Å²) in [4.78, 5) is 0. The summed E-state index contributed by atoms with van der Waals surface area (Å²) in [6.45, 7) is 0. The van der Waals surface area contributed by atoms with E-state index in [9.17, 15) is 26.3 Å². The molecule has 0 heterocycles. The molecule has 0 spiro atoms. The number of alkyl halides is 6. The first kappa shape index (κ1) is 14.1. The number of hydrogen-bond donors (Lipinski definition) is 1. The van der Waals surface area contributed by atoms with Gasteiger partial charge in [0.05, 0.1) is 5.69 Å². The molecule has 0 aliphatic carbocycles. The molecule has 0 unspecified atom stereocenters. The van der Waals surface area contributed by atoms with Crippen LogP contribution in [0.15, 0.2) is 29.4 Å². The van der Waals surface area contributed by atoms with Crippen molar-refractivity contribution in [3.05, 3.63) is 24.3 Å². The summed E-state index contributed by atoms with van der Waals surface area (Å²) in [5, 5.41) is 2.81. The van der Waals surface area contributed by atoms with Crippen LogP contribution in [0.25, 0.3) is 0 Å². The molecule has 0 bridgehead atoms. The summed E-state index contributed by atoms with van der Waals surface area (Å²) >= 11 is 0. The van der Waals surface area contributed by atoms with Gasteiger partial charge in [0.1, 0.15) is 12.0 Å². The van der Waals surface area contributed by atoms with Gasteiger partial charge in [0.25, 0.3) is 0 Å². The summed E-state index contributed by atoms with van der Waals surface area (Å²) in [6, 6.07) is 4.27. The molecule has 0 aliphatic heterocycles. The van der Waals surface area contributed by atoms with Crippen LogP contribution < -0.4 is 10.2 Å². The second-order valence-electron chi connectivity index (χ2n) is 2.99. The van der Waals surface area contributed by atoms with Crippen LogP contribution in [0.1, 0.15) is 0 Å². The number of benzene rings is 1. The van der Waals surface area contributed by atoms with Gasteiger partial charge in [-0.25, -0.2) is 0 Å². The summed E-state index contributed by atoms with van der Waals surface area (Å²) in [7, 11) is 0. The van der Waals surface area contributed by atoms with Crippen LogP contribution >= 0.6 is 0 Å². The third kappa shape index (κ3) is 5.97. The average molecular weight is 272 g/mol. The monoisotopic (exact) mass is 272 g/mol.